The van der Waals surface area contributed by atoms with Gasteiger partial charge in [-0.15, -0.1) is 11.3 Å². The van der Waals surface area contributed by atoms with Crippen molar-refractivity contribution in [2.45, 2.75) is 6.92 Å². The van der Waals surface area contributed by atoms with Gasteiger partial charge in [0.1, 0.15) is 0 Å². The number of amides is 1. The predicted octanol–water partition coefficient (Wildman–Crippen LogP) is 2.68. The van der Waals surface area contributed by atoms with Crippen LogP contribution in [0.1, 0.15) is 10.7 Å². The normalized spacial score (nSPS) is 11.0. The van der Waals surface area contributed by atoms with Crippen LogP contribution < -0.4 is 5.32 Å². The standard InChI is InChI=1S/C15H13N5OS/c1-11-18-12(10-22-11)5-6-14(21)19-13-4-2-7-16-15(13)20-9-3-8-17-20/h2-10H,1H3,(H,19,21)/b6-5+. The minimum absolute atomic E-state index is 0.243. The van der Waals surface area contributed by atoms with Crippen molar-refractivity contribution >= 4 is 29.0 Å². The van der Waals surface area contributed by atoms with E-state index in [9.17, 15) is 4.79 Å². The van der Waals surface area contributed by atoms with Crippen LogP contribution in [0.5, 0.6) is 0 Å². The van der Waals surface area contributed by atoms with Gasteiger partial charge in [-0.25, -0.2) is 14.6 Å². The Kier molecular flexibility index (Phi) is 4.06. The number of nitrogens with zero attached hydrogens (tertiary/aromatic N) is 4. The van der Waals surface area contributed by atoms with Gasteiger partial charge in [0.15, 0.2) is 5.82 Å². The Morgan fingerprint density at radius 1 is 1.36 bits per heavy atom. The van der Waals surface area contributed by atoms with Crippen molar-refractivity contribution in [3.63, 3.8) is 0 Å². The number of hydrogen-bond donors (Lipinski definition) is 1. The first-order valence-electron chi connectivity index (χ1n) is 6.58. The van der Waals surface area contributed by atoms with Crippen LogP contribution in [-0.2, 0) is 4.79 Å². The highest BCUT2D eigenvalue weighted by Gasteiger charge is 2.07. The molecule has 0 aromatic carbocycles. The molecule has 0 unspecified atom stereocenters. The van der Waals surface area contributed by atoms with Crippen molar-refractivity contribution < 1.29 is 4.79 Å². The molecule has 0 fully saturated rings. The van der Waals surface area contributed by atoms with Crippen LogP contribution in [-0.4, -0.2) is 25.7 Å². The molecule has 0 bridgehead atoms. The number of hydrogen-bond acceptors (Lipinski definition) is 5. The molecule has 0 saturated carbocycles. The second-order valence-corrected chi connectivity index (χ2v) is 5.50. The van der Waals surface area contributed by atoms with E-state index < -0.39 is 0 Å². The summed E-state index contributed by atoms with van der Waals surface area (Å²) < 4.78 is 1.60. The SMILES string of the molecule is Cc1nc(/C=C/C(=O)Nc2cccnc2-n2cccn2)cs1. The van der Waals surface area contributed by atoms with Gasteiger partial charge in [-0.2, -0.15) is 5.10 Å². The maximum absolute atomic E-state index is 12.0. The van der Waals surface area contributed by atoms with Gasteiger partial charge in [0.2, 0.25) is 5.91 Å². The number of carbonyl (C=O) groups is 1. The number of thiazole rings is 1. The minimum Gasteiger partial charge on any atom is -0.319 e. The Hall–Kier alpha value is -2.80. The summed E-state index contributed by atoms with van der Waals surface area (Å²) in [5.74, 6) is 0.325. The lowest BCUT2D eigenvalue weighted by atomic mass is 10.3. The maximum atomic E-state index is 12.0. The summed E-state index contributed by atoms with van der Waals surface area (Å²) in [7, 11) is 0. The Morgan fingerprint density at radius 2 is 2.27 bits per heavy atom. The molecule has 3 heterocycles. The Balaban J connectivity index is 1.76. The summed E-state index contributed by atoms with van der Waals surface area (Å²) in [6.45, 7) is 1.92. The van der Waals surface area contributed by atoms with E-state index in [0.717, 1.165) is 10.7 Å². The van der Waals surface area contributed by atoms with Crippen molar-refractivity contribution in [1.82, 2.24) is 19.7 Å². The topological polar surface area (TPSA) is 72.7 Å². The summed E-state index contributed by atoms with van der Waals surface area (Å²) in [6, 6.07) is 5.34. The van der Waals surface area contributed by atoms with Gasteiger partial charge >= 0.3 is 0 Å². The molecule has 3 aromatic rings. The number of pyridine rings is 1. The van der Waals surface area contributed by atoms with Gasteiger partial charge in [0.25, 0.3) is 0 Å². The Labute approximate surface area is 131 Å². The van der Waals surface area contributed by atoms with Gasteiger partial charge in [-0.05, 0) is 31.2 Å². The molecule has 0 aliphatic heterocycles. The van der Waals surface area contributed by atoms with E-state index >= 15 is 0 Å². The molecule has 7 heteroatoms. The minimum atomic E-state index is -0.243. The van der Waals surface area contributed by atoms with E-state index in [0.29, 0.717) is 11.5 Å². The predicted molar refractivity (Wildman–Crippen MR) is 85.9 cm³/mol. The quantitative estimate of drug-likeness (QED) is 0.752. The molecule has 1 N–H and O–H groups in total. The molecule has 3 rings (SSSR count). The second-order valence-electron chi connectivity index (χ2n) is 4.44. The van der Waals surface area contributed by atoms with Crippen molar-refractivity contribution in [3.8, 4) is 5.82 Å². The van der Waals surface area contributed by atoms with E-state index in [4.69, 9.17) is 0 Å². The second kappa shape index (κ2) is 6.31. The van der Waals surface area contributed by atoms with Crippen LogP contribution >= 0.6 is 11.3 Å². The fourth-order valence-electron chi connectivity index (χ4n) is 1.86. The summed E-state index contributed by atoms with van der Waals surface area (Å²) in [6.07, 6.45) is 8.22. The van der Waals surface area contributed by atoms with Crippen molar-refractivity contribution in [3.05, 3.63) is 58.9 Å². The van der Waals surface area contributed by atoms with Crippen molar-refractivity contribution in [2.24, 2.45) is 0 Å². The van der Waals surface area contributed by atoms with Gasteiger partial charge in [0.05, 0.1) is 16.4 Å². The van der Waals surface area contributed by atoms with Gasteiger partial charge in [0, 0.05) is 30.0 Å². The molecule has 6 nitrogen and oxygen atoms in total. The zero-order chi connectivity index (χ0) is 15.4. The number of anilines is 1. The van der Waals surface area contributed by atoms with Gasteiger partial charge < -0.3 is 5.32 Å². The lowest BCUT2D eigenvalue weighted by molar-refractivity contribution is -0.111. The number of aryl methyl sites for hydroxylation is 1. The van der Waals surface area contributed by atoms with Crippen molar-refractivity contribution in [1.29, 1.82) is 0 Å². The molecular weight excluding hydrogens is 298 g/mol. The molecule has 0 saturated heterocycles. The monoisotopic (exact) mass is 311 g/mol. The first-order chi connectivity index (χ1) is 10.7. The first kappa shape index (κ1) is 14.2. The molecule has 0 aliphatic carbocycles. The highest BCUT2D eigenvalue weighted by Crippen LogP contribution is 2.16. The lowest BCUT2D eigenvalue weighted by Gasteiger charge is -2.08. The van der Waals surface area contributed by atoms with E-state index in [-0.39, 0.29) is 5.91 Å². The van der Waals surface area contributed by atoms with Crippen LogP contribution in [0.15, 0.2) is 48.2 Å². The summed E-state index contributed by atoms with van der Waals surface area (Å²) >= 11 is 1.55. The third kappa shape index (κ3) is 3.26. The van der Waals surface area contributed by atoms with E-state index in [2.05, 4.69) is 20.4 Å². The number of carbonyl (C=O) groups excluding carboxylic acids is 1. The zero-order valence-corrected chi connectivity index (χ0v) is 12.6. The van der Waals surface area contributed by atoms with E-state index in [1.807, 2.05) is 12.3 Å². The van der Waals surface area contributed by atoms with Crippen LogP contribution in [0.25, 0.3) is 11.9 Å². The summed E-state index contributed by atoms with van der Waals surface area (Å²) in [5.41, 5.74) is 1.37. The van der Waals surface area contributed by atoms with Gasteiger partial charge in [-0.1, -0.05) is 0 Å². The molecule has 22 heavy (non-hydrogen) atoms. The molecule has 0 radical (unpaired) electrons. The third-order valence-corrected chi connectivity index (χ3v) is 3.60. The fraction of sp³-hybridized carbons (Fsp3) is 0.0667. The van der Waals surface area contributed by atoms with E-state index in [1.165, 1.54) is 6.08 Å². The molecule has 0 atom stereocenters. The average Bonchev–Trinajstić information content (AvgIpc) is 3.17. The summed E-state index contributed by atoms with van der Waals surface area (Å²) in [5, 5.41) is 9.80. The lowest BCUT2D eigenvalue weighted by Crippen LogP contribution is -2.11. The molecule has 0 aliphatic rings. The fourth-order valence-corrected chi connectivity index (χ4v) is 2.44. The smallest absolute Gasteiger partial charge is 0.248 e. The number of nitrogens with one attached hydrogen (secondary N) is 1. The van der Waals surface area contributed by atoms with Crippen LogP contribution in [0, 0.1) is 6.92 Å². The zero-order valence-electron chi connectivity index (χ0n) is 11.8. The largest absolute Gasteiger partial charge is 0.319 e. The maximum Gasteiger partial charge on any atom is 0.248 e. The summed E-state index contributed by atoms with van der Waals surface area (Å²) in [4.78, 5) is 20.6. The molecule has 3 aromatic heterocycles. The first-order valence-corrected chi connectivity index (χ1v) is 7.46. The van der Waals surface area contributed by atoms with E-state index in [1.54, 1.807) is 58.9 Å². The molecule has 1 amide bonds. The van der Waals surface area contributed by atoms with Crippen molar-refractivity contribution in [2.75, 3.05) is 5.32 Å². The van der Waals surface area contributed by atoms with Crippen LogP contribution in [0.4, 0.5) is 5.69 Å². The highest BCUT2D eigenvalue weighted by molar-refractivity contribution is 7.09. The third-order valence-electron chi connectivity index (χ3n) is 2.81. The van der Waals surface area contributed by atoms with Crippen LogP contribution in [0.2, 0.25) is 0 Å². The average molecular weight is 311 g/mol. The molecule has 0 spiro atoms. The molecular formula is C15H13N5OS. The Bertz CT molecular complexity index is 807. The van der Waals surface area contributed by atoms with Crippen LogP contribution in [0.3, 0.4) is 0 Å². The highest BCUT2D eigenvalue weighted by atomic mass is 32.1. The number of rotatable bonds is 4. The molecule has 110 valence electrons. The number of aromatic nitrogens is 4. The van der Waals surface area contributed by atoms with Gasteiger partial charge in [-0.3, -0.25) is 4.79 Å². The Morgan fingerprint density at radius 3 is 3.00 bits per heavy atom.